The molecule has 0 aromatic carbocycles. The molecule has 0 saturated carbocycles. The van der Waals surface area contributed by atoms with Crippen LogP contribution in [0.2, 0.25) is 4.34 Å². The zero-order chi connectivity index (χ0) is 13.8. The number of likely N-dealkylation sites (N-methyl/N-ethyl adjacent to an activating group) is 1. The average Bonchev–Trinajstić information content (AvgIpc) is 2.78. The summed E-state index contributed by atoms with van der Waals surface area (Å²) in [4.78, 5) is 15.2. The summed E-state index contributed by atoms with van der Waals surface area (Å²) in [5.41, 5.74) is 1.30. The molecule has 3 nitrogen and oxygen atoms in total. The Bertz CT molecular complexity index is 443. The van der Waals surface area contributed by atoms with E-state index < -0.39 is 0 Å². The minimum atomic E-state index is 0.179. The van der Waals surface area contributed by atoms with E-state index in [0.29, 0.717) is 6.54 Å². The fraction of sp³-hybridized carbons (Fsp3) is 0.643. The van der Waals surface area contributed by atoms with Crippen LogP contribution in [0.5, 0.6) is 0 Å². The number of carbonyl (C=O) groups is 1. The molecule has 0 saturated heterocycles. The molecule has 19 heavy (non-hydrogen) atoms. The van der Waals surface area contributed by atoms with E-state index in [1.54, 1.807) is 11.3 Å². The third-order valence-corrected chi connectivity index (χ3v) is 5.04. The fourth-order valence-electron chi connectivity index (χ4n) is 2.63. The van der Waals surface area contributed by atoms with Gasteiger partial charge < -0.3 is 10.2 Å². The van der Waals surface area contributed by atoms with Gasteiger partial charge in [-0.3, -0.25) is 4.79 Å². The Labute approximate surface area is 123 Å². The number of hydrogen-bond donors (Lipinski definition) is 1. The molecule has 1 heterocycles. The first-order chi connectivity index (χ1) is 9.15. The molecule has 1 atom stereocenters. The Hall–Kier alpha value is -0.580. The van der Waals surface area contributed by atoms with Crippen molar-refractivity contribution in [2.24, 2.45) is 0 Å². The largest absolute Gasteiger partial charge is 0.342 e. The lowest BCUT2D eigenvalue weighted by Gasteiger charge is -2.25. The minimum absolute atomic E-state index is 0.179. The van der Waals surface area contributed by atoms with Gasteiger partial charge >= 0.3 is 0 Å². The average molecular weight is 301 g/mol. The van der Waals surface area contributed by atoms with E-state index in [0.717, 1.165) is 30.3 Å². The lowest BCUT2D eigenvalue weighted by molar-refractivity contribution is -0.130. The van der Waals surface area contributed by atoms with Crippen molar-refractivity contribution < 1.29 is 4.79 Å². The van der Waals surface area contributed by atoms with Gasteiger partial charge in [-0.05, 0) is 44.7 Å². The van der Waals surface area contributed by atoms with E-state index in [4.69, 9.17) is 11.6 Å². The molecule has 0 fully saturated rings. The zero-order valence-electron chi connectivity index (χ0n) is 11.5. The fourth-order valence-corrected chi connectivity index (χ4v) is 4.02. The van der Waals surface area contributed by atoms with E-state index in [1.807, 2.05) is 18.7 Å². The molecule has 0 radical (unpaired) electrons. The van der Waals surface area contributed by atoms with Crippen LogP contribution in [-0.4, -0.2) is 30.4 Å². The van der Waals surface area contributed by atoms with Crippen LogP contribution in [0, 0.1) is 0 Å². The quantitative estimate of drug-likeness (QED) is 0.905. The lowest BCUT2D eigenvalue weighted by atomic mass is 9.94. The number of rotatable bonds is 5. The number of nitrogens with one attached hydrogen (secondary N) is 1. The Morgan fingerprint density at radius 3 is 2.95 bits per heavy atom. The normalized spacial score (nSPS) is 18.2. The van der Waals surface area contributed by atoms with E-state index >= 15 is 0 Å². The molecule has 5 heteroatoms. The minimum Gasteiger partial charge on any atom is -0.342 e. The summed E-state index contributed by atoms with van der Waals surface area (Å²) in [6.45, 7) is 5.99. The molecule has 0 aliphatic heterocycles. The number of hydrogen-bond acceptors (Lipinski definition) is 3. The van der Waals surface area contributed by atoms with E-state index in [-0.39, 0.29) is 11.9 Å². The molecule has 2 rings (SSSR count). The molecule has 0 spiro atoms. The standard InChI is InChI=1S/C14H21ClN2OS/c1-3-17(4-2)14(18)9-16-11-6-5-7-12-10(11)8-13(15)19-12/h8,11,16H,3-7,9H2,1-2H3. The highest BCUT2D eigenvalue weighted by Gasteiger charge is 2.23. The van der Waals surface area contributed by atoms with E-state index in [1.165, 1.54) is 16.9 Å². The molecule has 1 amide bonds. The Balaban J connectivity index is 1.96. The van der Waals surface area contributed by atoms with Crippen LogP contribution in [-0.2, 0) is 11.2 Å². The van der Waals surface area contributed by atoms with Crippen LogP contribution in [0.3, 0.4) is 0 Å². The van der Waals surface area contributed by atoms with Gasteiger partial charge in [0.2, 0.25) is 5.91 Å². The first-order valence-corrected chi connectivity index (χ1v) is 8.14. The van der Waals surface area contributed by atoms with Crippen LogP contribution in [0.4, 0.5) is 0 Å². The highest BCUT2D eigenvalue weighted by Crippen LogP contribution is 2.37. The van der Waals surface area contributed by atoms with Crippen molar-refractivity contribution in [1.82, 2.24) is 10.2 Å². The van der Waals surface area contributed by atoms with Crippen molar-refractivity contribution >= 4 is 28.8 Å². The molecule has 0 bridgehead atoms. The SMILES string of the molecule is CCN(CC)C(=O)CNC1CCCc2sc(Cl)cc21. The first-order valence-electron chi connectivity index (χ1n) is 6.95. The topological polar surface area (TPSA) is 32.3 Å². The van der Waals surface area contributed by atoms with E-state index in [2.05, 4.69) is 11.4 Å². The van der Waals surface area contributed by atoms with Crippen molar-refractivity contribution in [1.29, 1.82) is 0 Å². The number of aryl methyl sites for hydroxylation is 1. The van der Waals surface area contributed by atoms with Crippen LogP contribution in [0.25, 0.3) is 0 Å². The predicted octanol–water partition coefficient (Wildman–Crippen LogP) is 3.24. The number of amides is 1. The van der Waals surface area contributed by atoms with Gasteiger partial charge in [-0.2, -0.15) is 0 Å². The van der Waals surface area contributed by atoms with Gasteiger partial charge in [-0.1, -0.05) is 11.6 Å². The van der Waals surface area contributed by atoms with Crippen LogP contribution >= 0.6 is 22.9 Å². The number of carbonyl (C=O) groups excluding carboxylic acids is 1. The van der Waals surface area contributed by atoms with Crippen molar-refractivity contribution in [2.45, 2.75) is 39.2 Å². The Kier molecular flexibility index (Phi) is 5.25. The predicted molar refractivity (Wildman–Crippen MR) is 80.9 cm³/mol. The monoisotopic (exact) mass is 300 g/mol. The molecule has 1 aliphatic carbocycles. The highest BCUT2D eigenvalue weighted by molar-refractivity contribution is 7.16. The maximum absolute atomic E-state index is 12.0. The third kappa shape index (κ3) is 3.50. The maximum atomic E-state index is 12.0. The summed E-state index contributed by atoms with van der Waals surface area (Å²) in [6, 6.07) is 2.34. The van der Waals surface area contributed by atoms with Crippen molar-refractivity contribution in [3.05, 3.63) is 20.8 Å². The van der Waals surface area contributed by atoms with Gasteiger partial charge in [0.25, 0.3) is 0 Å². The van der Waals surface area contributed by atoms with Gasteiger partial charge in [0, 0.05) is 24.0 Å². The lowest BCUT2D eigenvalue weighted by Crippen LogP contribution is -2.39. The van der Waals surface area contributed by atoms with Crippen LogP contribution in [0.15, 0.2) is 6.07 Å². The summed E-state index contributed by atoms with van der Waals surface area (Å²) in [6.07, 6.45) is 3.38. The van der Waals surface area contributed by atoms with Gasteiger partial charge in [0.05, 0.1) is 10.9 Å². The second kappa shape index (κ2) is 6.73. The summed E-state index contributed by atoms with van der Waals surface area (Å²) in [5.74, 6) is 0.179. The van der Waals surface area contributed by atoms with Crippen molar-refractivity contribution in [2.75, 3.05) is 19.6 Å². The summed E-state index contributed by atoms with van der Waals surface area (Å²) in [7, 11) is 0. The smallest absolute Gasteiger partial charge is 0.236 e. The van der Waals surface area contributed by atoms with Gasteiger partial charge in [0.15, 0.2) is 0 Å². The molecule has 1 aromatic rings. The summed E-state index contributed by atoms with van der Waals surface area (Å²) in [5, 5.41) is 3.40. The Morgan fingerprint density at radius 1 is 1.53 bits per heavy atom. The zero-order valence-corrected chi connectivity index (χ0v) is 13.1. The second-order valence-electron chi connectivity index (χ2n) is 4.82. The maximum Gasteiger partial charge on any atom is 0.236 e. The summed E-state index contributed by atoms with van der Waals surface area (Å²) >= 11 is 7.76. The van der Waals surface area contributed by atoms with E-state index in [9.17, 15) is 4.79 Å². The van der Waals surface area contributed by atoms with Crippen LogP contribution < -0.4 is 5.32 Å². The van der Waals surface area contributed by atoms with Crippen molar-refractivity contribution in [3.8, 4) is 0 Å². The molecule has 106 valence electrons. The molecule has 1 aliphatic rings. The van der Waals surface area contributed by atoms with Gasteiger partial charge in [-0.25, -0.2) is 0 Å². The molecule has 1 aromatic heterocycles. The number of fused-ring (bicyclic) bond motifs is 1. The first kappa shape index (κ1) is 14.8. The number of thiophene rings is 1. The third-order valence-electron chi connectivity index (χ3n) is 3.70. The molecule has 1 unspecified atom stereocenters. The summed E-state index contributed by atoms with van der Waals surface area (Å²) < 4.78 is 0.855. The Morgan fingerprint density at radius 2 is 2.26 bits per heavy atom. The van der Waals surface area contributed by atoms with Gasteiger partial charge in [0.1, 0.15) is 0 Å². The number of halogens is 1. The molecule has 1 N–H and O–H groups in total. The molecular weight excluding hydrogens is 280 g/mol. The molecular formula is C14H21ClN2OS. The highest BCUT2D eigenvalue weighted by atomic mass is 35.5. The van der Waals surface area contributed by atoms with Crippen molar-refractivity contribution in [3.63, 3.8) is 0 Å². The number of nitrogens with zero attached hydrogens (tertiary/aromatic N) is 1. The second-order valence-corrected chi connectivity index (χ2v) is 6.59. The van der Waals surface area contributed by atoms with Crippen LogP contribution in [0.1, 0.15) is 43.2 Å². The van der Waals surface area contributed by atoms with Gasteiger partial charge in [-0.15, -0.1) is 11.3 Å².